The number of hydrogen-bond donors (Lipinski definition) is 1. The highest BCUT2D eigenvalue weighted by molar-refractivity contribution is 7.13. The second-order valence-electron chi connectivity index (χ2n) is 5.43. The van der Waals surface area contributed by atoms with Gasteiger partial charge < -0.3 is 14.8 Å². The standard InChI is InChI=1S/C16H17F2N3O3S/c17-14(18)9-24-11-3-4-19-10(6-11)7-20-15(22)13-8-21-16(25-13)12-2-1-5-23-12/h3-4,6,8,12,14H,1-2,5,7,9H2,(H,20,22). The molecule has 0 aliphatic carbocycles. The number of amides is 1. The van der Waals surface area contributed by atoms with Crippen molar-refractivity contribution in [3.8, 4) is 5.75 Å². The van der Waals surface area contributed by atoms with Gasteiger partial charge in [0.05, 0.1) is 18.4 Å². The Hall–Kier alpha value is -2.13. The first kappa shape index (κ1) is 17.7. The maximum absolute atomic E-state index is 12.2. The molecule has 3 heterocycles. The molecule has 2 aromatic rings. The van der Waals surface area contributed by atoms with E-state index < -0.39 is 13.0 Å². The van der Waals surface area contributed by atoms with Crippen molar-refractivity contribution in [2.24, 2.45) is 0 Å². The van der Waals surface area contributed by atoms with Crippen molar-refractivity contribution >= 4 is 17.2 Å². The summed E-state index contributed by atoms with van der Waals surface area (Å²) in [7, 11) is 0. The molecule has 0 radical (unpaired) electrons. The van der Waals surface area contributed by atoms with Gasteiger partial charge in [0.15, 0.2) is 0 Å². The second-order valence-corrected chi connectivity index (χ2v) is 6.49. The Balaban J connectivity index is 1.54. The molecule has 6 nitrogen and oxygen atoms in total. The zero-order valence-electron chi connectivity index (χ0n) is 13.3. The van der Waals surface area contributed by atoms with E-state index in [0.29, 0.717) is 10.6 Å². The molecular formula is C16H17F2N3O3S. The van der Waals surface area contributed by atoms with Gasteiger partial charge in [-0.25, -0.2) is 13.8 Å². The third-order valence-corrected chi connectivity index (χ3v) is 4.63. The highest BCUT2D eigenvalue weighted by Gasteiger charge is 2.22. The summed E-state index contributed by atoms with van der Waals surface area (Å²) in [5.74, 6) is 0.0282. The maximum atomic E-state index is 12.2. The van der Waals surface area contributed by atoms with Gasteiger partial charge >= 0.3 is 0 Å². The van der Waals surface area contributed by atoms with Gasteiger partial charge in [0.1, 0.15) is 28.3 Å². The van der Waals surface area contributed by atoms with Crippen molar-refractivity contribution in [1.82, 2.24) is 15.3 Å². The molecule has 1 N–H and O–H groups in total. The van der Waals surface area contributed by atoms with Crippen LogP contribution in [0.4, 0.5) is 8.78 Å². The number of carbonyl (C=O) groups is 1. The molecule has 1 atom stereocenters. The minimum atomic E-state index is -2.54. The van der Waals surface area contributed by atoms with E-state index in [0.717, 1.165) is 24.5 Å². The number of nitrogens with one attached hydrogen (secondary N) is 1. The second kappa shape index (κ2) is 8.30. The lowest BCUT2D eigenvalue weighted by Gasteiger charge is -2.07. The van der Waals surface area contributed by atoms with Crippen LogP contribution in [-0.4, -0.2) is 35.5 Å². The zero-order chi connectivity index (χ0) is 17.6. The van der Waals surface area contributed by atoms with E-state index in [1.807, 2.05) is 0 Å². The molecule has 25 heavy (non-hydrogen) atoms. The number of thiazole rings is 1. The highest BCUT2D eigenvalue weighted by Crippen LogP contribution is 2.31. The van der Waals surface area contributed by atoms with Crippen molar-refractivity contribution < 1.29 is 23.0 Å². The predicted octanol–water partition coefficient (Wildman–Crippen LogP) is 2.96. The third kappa shape index (κ3) is 4.93. The number of alkyl halides is 2. The van der Waals surface area contributed by atoms with Crippen LogP contribution in [0.3, 0.4) is 0 Å². The number of aromatic nitrogens is 2. The van der Waals surface area contributed by atoms with E-state index in [1.165, 1.54) is 35.9 Å². The fraction of sp³-hybridized carbons (Fsp3) is 0.438. The van der Waals surface area contributed by atoms with Crippen molar-refractivity contribution in [1.29, 1.82) is 0 Å². The average Bonchev–Trinajstić information content (AvgIpc) is 3.29. The molecule has 1 aliphatic rings. The Morgan fingerprint density at radius 2 is 2.36 bits per heavy atom. The van der Waals surface area contributed by atoms with Gasteiger partial charge in [-0.05, 0) is 18.9 Å². The quantitative estimate of drug-likeness (QED) is 0.812. The molecule has 9 heteroatoms. The summed E-state index contributed by atoms with van der Waals surface area (Å²) < 4.78 is 34.8. The number of pyridine rings is 1. The number of ether oxygens (including phenoxy) is 2. The van der Waals surface area contributed by atoms with Crippen molar-refractivity contribution in [3.05, 3.63) is 40.1 Å². The number of hydrogen-bond acceptors (Lipinski definition) is 6. The molecule has 3 rings (SSSR count). The molecule has 1 fully saturated rings. The molecule has 0 spiro atoms. The Morgan fingerprint density at radius 1 is 1.48 bits per heavy atom. The van der Waals surface area contributed by atoms with Crippen LogP contribution in [0.15, 0.2) is 24.5 Å². The third-order valence-electron chi connectivity index (χ3n) is 3.55. The average molecular weight is 369 g/mol. The molecule has 0 saturated carbocycles. The largest absolute Gasteiger partial charge is 0.488 e. The van der Waals surface area contributed by atoms with Crippen LogP contribution >= 0.6 is 11.3 Å². The van der Waals surface area contributed by atoms with Gasteiger partial charge in [0, 0.05) is 18.9 Å². The van der Waals surface area contributed by atoms with Gasteiger partial charge in [-0.15, -0.1) is 11.3 Å². The predicted molar refractivity (Wildman–Crippen MR) is 86.9 cm³/mol. The van der Waals surface area contributed by atoms with Crippen LogP contribution in [0.25, 0.3) is 0 Å². The molecule has 1 amide bonds. The SMILES string of the molecule is O=C(NCc1cc(OCC(F)F)ccn1)c1cnc(C2CCCO2)s1. The number of halogens is 2. The first-order valence-electron chi connectivity index (χ1n) is 7.83. The Morgan fingerprint density at radius 3 is 3.12 bits per heavy atom. The summed E-state index contributed by atoms with van der Waals surface area (Å²) in [6.45, 7) is 0.210. The lowest BCUT2D eigenvalue weighted by atomic mass is 10.2. The lowest BCUT2D eigenvalue weighted by Crippen LogP contribution is -2.22. The lowest BCUT2D eigenvalue weighted by molar-refractivity contribution is 0.0818. The van der Waals surface area contributed by atoms with Crippen molar-refractivity contribution in [3.63, 3.8) is 0 Å². The van der Waals surface area contributed by atoms with E-state index >= 15 is 0 Å². The summed E-state index contributed by atoms with van der Waals surface area (Å²) in [4.78, 5) is 21.0. The van der Waals surface area contributed by atoms with E-state index in [9.17, 15) is 13.6 Å². The zero-order valence-corrected chi connectivity index (χ0v) is 14.1. The van der Waals surface area contributed by atoms with Crippen LogP contribution in [0.2, 0.25) is 0 Å². The Bertz CT molecular complexity index is 720. The molecular weight excluding hydrogens is 352 g/mol. The number of nitrogens with zero attached hydrogens (tertiary/aromatic N) is 2. The summed E-state index contributed by atoms with van der Waals surface area (Å²) in [6, 6.07) is 3.01. The molecule has 1 saturated heterocycles. The smallest absolute Gasteiger partial charge is 0.272 e. The summed E-state index contributed by atoms with van der Waals surface area (Å²) >= 11 is 1.31. The fourth-order valence-corrected chi connectivity index (χ4v) is 3.29. The first-order valence-corrected chi connectivity index (χ1v) is 8.65. The summed E-state index contributed by atoms with van der Waals surface area (Å²) in [5.41, 5.74) is 0.518. The van der Waals surface area contributed by atoms with E-state index in [2.05, 4.69) is 15.3 Å². The number of rotatable bonds is 7. The van der Waals surface area contributed by atoms with E-state index in [-0.39, 0.29) is 24.3 Å². The maximum Gasteiger partial charge on any atom is 0.272 e. The minimum Gasteiger partial charge on any atom is -0.488 e. The minimum absolute atomic E-state index is 0.0168. The molecule has 2 aromatic heterocycles. The molecule has 1 aliphatic heterocycles. The summed E-state index contributed by atoms with van der Waals surface area (Å²) in [6.07, 6.45) is 2.35. The Kier molecular flexibility index (Phi) is 5.87. The highest BCUT2D eigenvalue weighted by atomic mass is 32.1. The summed E-state index contributed by atoms with van der Waals surface area (Å²) in [5, 5.41) is 3.54. The van der Waals surface area contributed by atoms with Crippen LogP contribution in [0.1, 0.15) is 39.3 Å². The van der Waals surface area contributed by atoms with Gasteiger partial charge in [-0.3, -0.25) is 9.78 Å². The van der Waals surface area contributed by atoms with Gasteiger partial charge in [-0.2, -0.15) is 0 Å². The van der Waals surface area contributed by atoms with Crippen LogP contribution in [-0.2, 0) is 11.3 Å². The Labute approximate surface area is 147 Å². The van der Waals surface area contributed by atoms with Gasteiger partial charge in [0.2, 0.25) is 0 Å². The fourth-order valence-electron chi connectivity index (χ4n) is 2.37. The number of carbonyl (C=O) groups excluding carboxylic acids is 1. The van der Waals surface area contributed by atoms with Crippen LogP contribution < -0.4 is 10.1 Å². The molecule has 134 valence electrons. The monoisotopic (exact) mass is 369 g/mol. The van der Waals surface area contributed by atoms with E-state index in [1.54, 1.807) is 0 Å². The van der Waals surface area contributed by atoms with Crippen LogP contribution in [0, 0.1) is 0 Å². The van der Waals surface area contributed by atoms with Gasteiger partial charge in [0.25, 0.3) is 12.3 Å². The molecule has 0 aromatic carbocycles. The topological polar surface area (TPSA) is 73.3 Å². The molecule has 0 bridgehead atoms. The van der Waals surface area contributed by atoms with Gasteiger partial charge in [-0.1, -0.05) is 0 Å². The normalized spacial score (nSPS) is 17.0. The van der Waals surface area contributed by atoms with Crippen molar-refractivity contribution in [2.45, 2.75) is 31.9 Å². The van der Waals surface area contributed by atoms with Crippen molar-refractivity contribution in [2.75, 3.05) is 13.2 Å². The molecule has 1 unspecified atom stereocenters. The van der Waals surface area contributed by atoms with Crippen LogP contribution in [0.5, 0.6) is 5.75 Å². The van der Waals surface area contributed by atoms with E-state index in [4.69, 9.17) is 9.47 Å². The first-order chi connectivity index (χ1) is 12.1.